The van der Waals surface area contributed by atoms with Crippen LogP contribution in [0.4, 0.5) is 5.69 Å². The number of imide groups is 1. The molecule has 0 spiro atoms. The fourth-order valence-corrected chi connectivity index (χ4v) is 3.84. The van der Waals surface area contributed by atoms with Crippen LogP contribution in [0, 0.1) is 25.7 Å². The number of ether oxygens (including phenoxy) is 1. The zero-order valence-corrected chi connectivity index (χ0v) is 15.8. The minimum atomic E-state index is -0.773. The van der Waals surface area contributed by atoms with Crippen LogP contribution in [0.15, 0.2) is 0 Å². The lowest BCUT2D eigenvalue weighted by Crippen LogP contribution is -2.37. The number of carbonyl (C=O) groups is 4. The van der Waals surface area contributed by atoms with Gasteiger partial charge in [0.25, 0.3) is 5.91 Å². The van der Waals surface area contributed by atoms with E-state index in [1.807, 2.05) is 6.92 Å². The first-order valence-electron chi connectivity index (χ1n) is 9.10. The second-order valence-corrected chi connectivity index (χ2v) is 7.14. The summed E-state index contributed by atoms with van der Waals surface area (Å²) in [5.41, 5.74) is 2.01. The molecule has 2 fully saturated rings. The van der Waals surface area contributed by atoms with Gasteiger partial charge in [0.2, 0.25) is 11.8 Å². The summed E-state index contributed by atoms with van der Waals surface area (Å²) < 4.78 is 6.59. The lowest BCUT2D eigenvalue weighted by Gasteiger charge is -2.19. The van der Waals surface area contributed by atoms with Crippen molar-refractivity contribution in [2.45, 2.75) is 39.5 Å². The molecular formula is C18H24N4O5. The topological polar surface area (TPSA) is 111 Å². The van der Waals surface area contributed by atoms with Crippen LogP contribution in [-0.2, 0) is 31.0 Å². The summed E-state index contributed by atoms with van der Waals surface area (Å²) in [6.45, 7) is 2.64. The largest absolute Gasteiger partial charge is 0.454 e. The van der Waals surface area contributed by atoms with Crippen LogP contribution < -0.4 is 5.32 Å². The van der Waals surface area contributed by atoms with Crippen molar-refractivity contribution in [1.82, 2.24) is 14.7 Å². The van der Waals surface area contributed by atoms with Gasteiger partial charge in [0.15, 0.2) is 6.61 Å². The Kier molecular flexibility index (Phi) is 5.29. The molecule has 0 radical (unpaired) electrons. The molecule has 1 N–H and O–H groups in total. The molecule has 9 heteroatoms. The SMILES string of the molecule is Cc1nn(C)c(C)c1NC(=O)COC(=O)CN1C(=O)[C@H]2CCCC[C@@H]2C1=O. The highest BCUT2D eigenvalue weighted by molar-refractivity contribution is 6.07. The highest BCUT2D eigenvalue weighted by Gasteiger charge is 2.48. The monoisotopic (exact) mass is 376 g/mol. The van der Waals surface area contributed by atoms with Crippen LogP contribution >= 0.6 is 0 Å². The number of rotatable bonds is 5. The van der Waals surface area contributed by atoms with Crippen molar-refractivity contribution in [1.29, 1.82) is 0 Å². The highest BCUT2D eigenvalue weighted by Crippen LogP contribution is 2.37. The number of nitrogens with one attached hydrogen (secondary N) is 1. The van der Waals surface area contributed by atoms with Crippen molar-refractivity contribution in [3.8, 4) is 0 Å². The highest BCUT2D eigenvalue weighted by atomic mass is 16.5. The first-order valence-corrected chi connectivity index (χ1v) is 9.10. The Labute approximate surface area is 157 Å². The van der Waals surface area contributed by atoms with E-state index in [9.17, 15) is 19.2 Å². The molecule has 1 aromatic rings. The van der Waals surface area contributed by atoms with Crippen LogP contribution in [0.3, 0.4) is 0 Å². The lowest BCUT2D eigenvalue weighted by atomic mass is 9.81. The zero-order valence-electron chi connectivity index (χ0n) is 15.8. The number of aryl methyl sites for hydroxylation is 2. The number of amides is 3. The minimum Gasteiger partial charge on any atom is -0.454 e. The average Bonchev–Trinajstić information content (AvgIpc) is 3.02. The molecule has 3 rings (SSSR count). The maximum atomic E-state index is 12.4. The number of esters is 1. The smallest absolute Gasteiger partial charge is 0.326 e. The van der Waals surface area contributed by atoms with E-state index in [4.69, 9.17) is 4.74 Å². The molecule has 9 nitrogen and oxygen atoms in total. The molecule has 1 saturated carbocycles. The van der Waals surface area contributed by atoms with Crippen molar-refractivity contribution >= 4 is 29.4 Å². The first kappa shape index (κ1) is 19.1. The third-order valence-corrected chi connectivity index (χ3v) is 5.36. The van der Waals surface area contributed by atoms with Gasteiger partial charge in [0, 0.05) is 7.05 Å². The van der Waals surface area contributed by atoms with Gasteiger partial charge in [-0.15, -0.1) is 0 Å². The molecule has 1 saturated heterocycles. The Morgan fingerprint density at radius 3 is 2.26 bits per heavy atom. The Balaban J connectivity index is 1.51. The summed E-state index contributed by atoms with van der Waals surface area (Å²) in [5, 5.41) is 6.85. The summed E-state index contributed by atoms with van der Waals surface area (Å²) in [6.07, 6.45) is 3.22. The van der Waals surface area contributed by atoms with E-state index in [1.54, 1.807) is 18.7 Å². The predicted octanol–water partition coefficient (Wildman–Crippen LogP) is 0.694. The molecule has 3 amide bonds. The van der Waals surface area contributed by atoms with Gasteiger partial charge in [-0.1, -0.05) is 12.8 Å². The standard InChI is InChI=1S/C18H24N4O5/c1-10-16(11(2)21(3)20-10)19-14(23)9-27-15(24)8-22-17(25)12-6-4-5-7-13(12)18(22)26/h12-13H,4-9H2,1-3H3,(H,19,23)/t12-,13-/m0/s1. The minimum absolute atomic E-state index is 0.298. The van der Waals surface area contributed by atoms with E-state index in [1.165, 1.54) is 0 Å². The number of carbonyl (C=O) groups excluding carboxylic acids is 4. The van der Waals surface area contributed by atoms with E-state index >= 15 is 0 Å². The summed E-state index contributed by atoms with van der Waals surface area (Å²) in [6, 6.07) is 0. The summed E-state index contributed by atoms with van der Waals surface area (Å²) in [7, 11) is 1.76. The van der Waals surface area contributed by atoms with E-state index in [0.717, 1.165) is 23.4 Å². The number of hydrogen-bond donors (Lipinski definition) is 1. The fourth-order valence-electron chi connectivity index (χ4n) is 3.84. The van der Waals surface area contributed by atoms with Crippen LogP contribution in [0.1, 0.15) is 37.1 Å². The van der Waals surface area contributed by atoms with Crippen molar-refractivity contribution in [3.63, 3.8) is 0 Å². The molecule has 0 bridgehead atoms. The summed E-state index contributed by atoms with van der Waals surface area (Å²) in [5.74, 6) is -2.49. The third kappa shape index (κ3) is 3.72. The Morgan fingerprint density at radius 1 is 1.15 bits per heavy atom. The second kappa shape index (κ2) is 7.50. The van der Waals surface area contributed by atoms with Gasteiger partial charge in [-0.25, -0.2) is 0 Å². The van der Waals surface area contributed by atoms with Crippen molar-refractivity contribution in [3.05, 3.63) is 11.4 Å². The molecule has 2 aliphatic rings. The summed E-state index contributed by atoms with van der Waals surface area (Å²) >= 11 is 0. The van der Waals surface area contributed by atoms with E-state index < -0.39 is 25.0 Å². The fraction of sp³-hybridized carbons (Fsp3) is 0.611. The van der Waals surface area contributed by atoms with Gasteiger partial charge in [-0.05, 0) is 26.7 Å². The number of hydrogen-bond acceptors (Lipinski definition) is 6. The van der Waals surface area contributed by atoms with Crippen molar-refractivity contribution in [2.75, 3.05) is 18.5 Å². The molecule has 1 aliphatic heterocycles. The van der Waals surface area contributed by atoms with Crippen molar-refractivity contribution in [2.24, 2.45) is 18.9 Å². The lowest BCUT2D eigenvalue weighted by molar-refractivity contribution is -0.154. The number of fused-ring (bicyclic) bond motifs is 1. The second-order valence-electron chi connectivity index (χ2n) is 7.14. The molecule has 1 aromatic heterocycles. The molecule has 0 unspecified atom stereocenters. The zero-order chi connectivity index (χ0) is 19.7. The molecule has 146 valence electrons. The van der Waals surface area contributed by atoms with Gasteiger partial charge in [0.05, 0.1) is 28.9 Å². The van der Waals surface area contributed by atoms with E-state index in [-0.39, 0.29) is 23.7 Å². The van der Waals surface area contributed by atoms with E-state index in [2.05, 4.69) is 10.4 Å². The molecule has 2 heterocycles. The number of aromatic nitrogens is 2. The molecule has 1 aliphatic carbocycles. The molecule has 0 aromatic carbocycles. The first-order chi connectivity index (χ1) is 12.8. The Morgan fingerprint density at radius 2 is 1.74 bits per heavy atom. The van der Waals surface area contributed by atoms with Gasteiger partial charge in [0.1, 0.15) is 6.54 Å². The van der Waals surface area contributed by atoms with Crippen LogP contribution in [0.25, 0.3) is 0 Å². The molecule has 27 heavy (non-hydrogen) atoms. The average molecular weight is 376 g/mol. The number of nitrogens with zero attached hydrogens (tertiary/aromatic N) is 3. The normalized spacial score (nSPS) is 22.0. The van der Waals surface area contributed by atoms with Crippen molar-refractivity contribution < 1.29 is 23.9 Å². The predicted molar refractivity (Wildman–Crippen MR) is 94.4 cm³/mol. The number of likely N-dealkylation sites (tertiary alicyclic amines) is 1. The van der Waals surface area contributed by atoms with Crippen LogP contribution in [-0.4, -0.2) is 51.5 Å². The van der Waals surface area contributed by atoms with Gasteiger partial charge >= 0.3 is 5.97 Å². The molecule has 2 atom stereocenters. The molecular weight excluding hydrogens is 352 g/mol. The van der Waals surface area contributed by atoms with Crippen LogP contribution in [0.5, 0.6) is 0 Å². The number of anilines is 1. The van der Waals surface area contributed by atoms with Crippen LogP contribution in [0.2, 0.25) is 0 Å². The quantitative estimate of drug-likeness (QED) is 0.598. The summed E-state index contributed by atoms with van der Waals surface area (Å²) in [4.78, 5) is 49.7. The van der Waals surface area contributed by atoms with Gasteiger partial charge < -0.3 is 10.1 Å². The van der Waals surface area contributed by atoms with E-state index in [0.29, 0.717) is 24.2 Å². The third-order valence-electron chi connectivity index (χ3n) is 5.36. The Hall–Kier alpha value is -2.71. The van der Waals surface area contributed by atoms with Gasteiger partial charge in [-0.3, -0.25) is 28.8 Å². The maximum absolute atomic E-state index is 12.4. The Bertz CT molecular complexity index is 776. The van der Waals surface area contributed by atoms with Gasteiger partial charge in [-0.2, -0.15) is 5.10 Å². The maximum Gasteiger partial charge on any atom is 0.326 e.